The highest BCUT2D eigenvalue weighted by Gasteiger charge is 2.24. The third-order valence-electron chi connectivity index (χ3n) is 3.38. The average Bonchev–Trinajstić information content (AvgIpc) is 2.43. The van der Waals surface area contributed by atoms with Gasteiger partial charge >= 0.3 is 0 Å². The molecule has 6 nitrogen and oxygen atoms in total. The van der Waals surface area contributed by atoms with Gasteiger partial charge in [-0.25, -0.2) is 0 Å². The molecule has 1 fully saturated rings. The zero-order chi connectivity index (χ0) is 14.4. The molecule has 1 aliphatic heterocycles. The van der Waals surface area contributed by atoms with Crippen LogP contribution in [0.1, 0.15) is 17.3 Å². The predicted molar refractivity (Wildman–Crippen MR) is 76.0 cm³/mol. The fraction of sp³-hybridized carbons (Fsp3) is 0.429. The summed E-state index contributed by atoms with van der Waals surface area (Å²) < 4.78 is 0. The summed E-state index contributed by atoms with van der Waals surface area (Å²) >= 11 is 0. The number of nitrogens with one attached hydrogen (secondary N) is 3. The van der Waals surface area contributed by atoms with Crippen LogP contribution in [0, 0.1) is 0 Å². The van der Waals surface area contributed by atoms with Gasteiger partial charge in [-0.15, -0.1) is 0 Å². The van der Waals surface area contributed by atoms with E-state index in [0.29, 0.717) is 11.6 Å². The SMILES string of the molecule is CCN(CC(=O)NNC(=O)c1ccccc1)C1CNC1. The Bertz CT molecular complexity index is 460. The maximum absolute atomic E-state index is 11.8. The van der Waals surface area contributed by atoms with Crippen LogP contribution in [0.3, 0.4) is 0 Å². The first kappa shape index (κ1) is 14.5. The topological polar surface area (TPSA) is 73.5 Å². The molecule has 0 aromatic heterocycles. The van der Waals surface area contributed by atoms with Crippen LogP contribution in [0.15, 0.2) is 30.3 Å². The standard InChI is InChI=1S/C14H20N4O2/c1-2-18(12-8-15-9-12)10-13(19)16-17-14(20)11-6-4-3-5-7-11/h3-7,12,15H,2,8-10H2,1H3,(H,16,19)(H,17,20). The molecule has 3 N–H and O–H groups in total. The smallest absolute Gasteiger partial charge is 0.269 e. The highest BCUT2D eigenvalue weighted by molar-refractivity contribution is 5.95. The molecule has 0 saturated carbocycles. The lowest BCUT2D eigenvalue weighted by Crippen LogP contribution is -2.59. The van der Waals surface area contributed by atoms with E-state index in [4.69, 9.17) is 0 Å². The van der Waals surface area contributed by atoms with Gasteiger partial charge in [0.2, 0.25) is 0 Å². The molecule has 0 radical (unpaired) electrons. The van der Waals surface area contributed by atoms with Crippen LogP contribution in [0.4, 0.5) is 0 Å². The molecule has 0 spiro atoms. The minimum atomic E-state index is -0.313. The van der Waals surface area contributed by atoms with E-state index >= 15 is 0 Å². The van der Waals surface area contributed by atoms with Crippen molar-refractivity contribution in [2.75, 3.05) is 26.2 Å². The molecule has 0 atom stereocenters. The lowest BCUT2D eigenvalue weighted by atomic mass is 10.1. The molecule has 2 rings (SSSR count). The van der Waals surface area contributed by atoms with Crippen molar-refractivity contribution in [2.24, 2.45) is 0 Å². The number of carbonyl (C=O) groups excluding carboxylic acids is 2. The quantitative estimate of drug-likeness (QED) is 0.648. The minimum Gasteiger partial charge on any atom is -0.314 e. The molecule has 0 bridgehead atoms. The minimum absolute atomic E-state index is 0.206. The fourth-order valence-corrected chi connectivity index (χ4v) is 2.04. The van der Waals surface area contributed by atoms with Crippen LogP contribution < -0.4 is 16.2 Å². The van der Waals surface area contributed by atoms with Crippen molar-refractivity contribution in [3.05, 3.63) is 35.9 Å². The summed E-state index contributed by atoms with van der Waals surface area (Å²) in [6.07, 6.45) is 0. The van der Waals surface area contributed by atoms with Crippen molar-refractivity contribution < 1.29 is 9.59 Å². The highest BCUT2D eigenvalue weighted by Crippen LogP contribution is 2.03. The number of amides is 2. The first-order valence-electron chi connectivity index (χ1n) is 6.79. The van der Waals surface area contributed by atoms with Crippen LogP contribution in [0.25, 0.3) is 0 Å². The van der Waals surface area contributed by atoms with Gasteiger partial charge in [0, 0.05) is 24.7 Å². The highest BCUT2D eigenvalue weighted by atomic mass is 16.2. The largest absolute Gasteiger partial charge is 0.314 e. The van der Waals surface area contributed by atoms with E-state index in [0.717, 1.165) is 19.6 Å². The van der Waals surface area contributed by atoms with Crippen molar-refractivity contribution in [3.63, 3.8) is 0 Å². The predicted octanol–water partition coefficient (Wildman–Crippen LogP) is -0.259. The molecular weight excluding hydrogens is 256 g/mol. The van der Waals surface area contributed by atoms with Crippen molar-refractivity contribution >= 4 is 11.8 Å². The summed E-state index contributed by atoms with van der Waals surface area (Å²) in [6.45, 7) is 4.95. The van der Waals surface area contributed by atoms with Crippen LogP contribution in [-0.4, -0.2) is 48.9 Å². The van der Waals surface area contributed by atoms with E-state index in [-0.39, 0.29) is 18.4 Å². The molecule has 1 aliphatic rings. The molecule has 6 heteroatoms. The van der Waals surface area contributed by atoms with Gasteiger partial charge in [-0.3, -0.25) is 25.3 Å². The molecule has 108 valence electrons. The van der Waals surface area contributed by atoms with Crippen LogP contribution in [0.2, 0.25) is 0 Å². The van der Waals surface area contributed by atoms with Crippen molar-refractivity contribution in [3.8, 4) is 0 Å². The summed E-state index contributed by atoms with van der Waals surface area (Å²) in [4.78, 5) is 25.6. The Hall–Kier alpha value is -1.92. The molecule has 1 aromatic carbocycles. The average molecular weight is 276 g/mol. The number of benzene rings is 1. The van der Waals surface area contributed by atoms with Gasteiger partial charge in [0.1, 0.15) is 0 Å². The maximum Gasteiger partial charge on any atom is 0.269 e. The Morgan fingerprint density at radius 2 is 1.95 bits per heavy atom. The van der Waals surface area contributed by atoms with Crippen LogP contribution >= 0.6 is 0 Å². The number of rotatable bonds is 5. The van der Waals surface area contributed by atoms with Crippen LogP contribution in [-0.2, 0) is 4.79 Å². The Morgan fingerprint density at radius 1 is 1.25 bits per heavy atom. The van der Waals surface area contributed by atoms with Gasteiger partial charge in [-0.1, -0.05) is 25.1 Å². The number of nitrogens with zero attached hydrogens (tertiary/aromatic N) is 1. The molecule has 0 aliphatic carbocycles. The molecule has 1 saturated heterocycles. The van der Waals surface area contributed by atoms with Gasteiger partial charge in [-0.2, -0.15) is 0 Å². The second kappa shape index (κ2) is 7.02. The molecular formula is C14H20N4O2. The van der Waals surface area contributed by atoms with E-state index < -0.39 is 0 Å². The number of hydrazine groups is 1. The number of hydrogen-bond donors (Lipinski definition) is 3. The zero-order valence-corrected chi connectivity index (χ0v) is 11.6. The second-order valence-corrected chi connectivity index (χ2v) is 4.74. The molecule has 0 unspecified atom stereocenters. The van der Waals surface area contributed by atoms with E-state index in [2.05, 4.69) is 21.1 Å². The molecule has 20 heavy (non-hydrogen) atoms. The van der Waals surface area contributed by atoms with Crippen molar-refractivity contribution in [1.29, 1.82) is 0 Å². The van der Waals surface area contributed by atoms with E-state index in [9.17, 15) is 9.59 Å². The van der Waals surface area contributed by atoms with Gasteiger partial charge < -0.3 is 5.32 Å². The lowest BCUT2D eigenvalue weighted by molar-refractivity contribution is -0.123. The Labute approximate surface area is 118 Å². The van der Waals surface area contributed by atoms with Crippen LogP contribution in [0.5, 0.6) is 0 Å². The van der Waals surface area contributed by atoms with Gasteiger partial charge in [0.15, 0.2) is 0 Å². The third-order valence-corrected chi connectivity index (χ3v) is 3.38. The second-order valence-electron chi connectivity index (χ2n) is 4.74. The summed E-state index contributed by atoms with van der Waals surface area (Å²) in [7, 11) is 0. The molecule has 2 amide bonds. The van der Waals surface area contributed by atoms with Crippen molar-refractivity contribution in [1.82, 2.24) is 21.1 Å². The lowest BCUT2D eigenvalue weighted by Gasteiger charge is -2.37. The summed E-state index contributed by atoms with van der Waals surface area (Å²) in [5.41, 5.74) is 5.39. The normalized spacial score (nSPS) is 14.7. The Morgan fingerprint density at radius 3 is 2.50 bits per heavy atom. The van der Waals surface area contributed by atoms with E-state index in [1.807, 2.05) is 13.0 Å². The Balaban J connectivity index is 1.75. The summed E-state index contributed by atoms with van der Waals surface area (Å²) in [5, 5.41) is 3.18. The zero-order valence-electron chi connectivity index (χ0n) is 11.6. The first-order chi connectivity index (χ1) is 9.70. The van der Waals surface area contributed by atoms with Gasteiger partial charge in [0.05, 0.1) is 6.54 Å². The number of hydrogen-bond acceptors (Lipinski definition) is 4. The van der Waals surface area contributed by atoms with Gasteiger partial charge in [0.25, 0.3) is 11.8 Å². The van der Waals surface area contributed by atoms with Crippen molar-refractivity contribution in [2.45, 2.75) is 13.0 Å². The summed E-state index contributed by atoms with van der Waals surface area (Å²) in [6, 6.07) is 9.19. The fourth-order valence-electron chi connectivity index (χ4n) is 2.04. The first-order valence-corrected chi connectivity index (χ1v) is 6.79. The number of carbonyl (C=O) groups is 2. The molecule has 1 aromatic rings. The maximum atomic E-state index is 11.8. The van der Waals surface area contributed by atoms with Gasteiger partial charge in [-0.05, 0) is 18.7 Å². The third kappa shape index (κ3) is 3.79. The van der Waals surface area contributed by atoms with E-state index in [1.54, 1.807) is 24.3 Å². The molecule has 1 heterocycles. The monoisotopic (exact) mass is 276 g/mol. The Kier molecular flexibility index (Phi) is 5.09. The summed E-state index contributed by atoms with van der Waals surface area (Å²) in [5.74, 6) is -0.518. The van der Waals surface area contributed by atoms with E-state index in [1.165, 1.54) is 0 Å². The number of likely N-dealkylation sites (N-methyl/N-ethyl adjacent to an activating group) is 1.